The number of halogens is 7. The van der Waals surface area contributed by atoms with Gasteiger partial charge in [0.2, 0.25) is 0 Å². The molecular weight excluding hydrogens is 510 g/mol. The summed E-state index contributed by atoms with van der Waals surface area (Å²) < 4.78 is 106. The standard InChI is InChI=1S/C21H19ClF6N2O3S/c22-16-6-4-13(5-7-16)18(30-8-2-1-3-9-30)19(31)29-34(32,33)17-11-14(20(23,24)25)10-15(12-17)21(26,27)28/h4-7,10-12,18H,1-3,8-9H2,(H,29,31). The highest BCUT2D eigenvalue weighted by molar-refractivity contribution is 7.90. The molecule has 1 fully saturated rings. The predicted molar refractivity (Wildman–Crippen MR) is 111 cm³/mol. The monoisotopic (exact) mass is 528 g/mol. The molecule has 5 nitrogen and oxygen atoms in total. The third kappa shape index (κ3) is 6.22. The van der Waals surface area contributed by atoms with Crippen LogP contribution in [0.25, 0.3) is 0 Å². The first kappa shape index (κ1) is 26.3. The second-order valence-corrected chi connectivity index (χ2v) is 9.88. The fraction of sp³-hybridized carbons (Fsp3) is 0.381. The van der Waals surface area contributed by atoms with Crippen molar-refractivity contribution in [2.75, 3.05) is 13.1 Å². The molecule has 1 unspecified atom stereocenters. The lowest BCUT2D eigenvalue weighted by atomic mass is 10.0. The fourth-order valence-electron chi connectivity index (χ4n) is 3.68. The van der Waals surface area contributed by atoms with Gasteiger partial charge in [-0.15, -0.1) is 0 Å². The molecule has 2 aromatic carbocycles. The Balaban J connectivity index is 2.00. The quantitative estimate of drug-likeness (QED) is 0.527. The number of piperidine rings is 1. The van der Waals surface area contributed by atoms with Gasteiger partial charge in [-0.2, -0.15) is 26.3 Å². The van der Waals surface area contributed by atoms with Crippen molar-refractivity contribution in [3.05, 3.63) is 64.2 Å². The van der Waals surface area contributed by atoms with E-state index in [1.54, 1.807) is 9.62 Å². The van der Waals surface area contributed by atoms with Crippen LogP contribution in [-0.4, -0.2) is 32.3 Å². The van der Waals surface area contributed by atoms with Gasteiger partial charge in [-0.25, -0.2) is 13.1 Å². The molecule has 0 bridgehead atoms. The van der Waals surface area contributed by atoms with Crippen molar-refractivity contribution >= 4 is 27.5 Å². The van der Waals surface area contributed by atoms with Crippen LogP contribution >= 0.6 is 11.6 Å². The molecule has 3 rings (SSSR count). The predicted octanol–water partition coefficient (Wildman–Crippen LogP) is 5.41. The Morgan fingerprint density at radius 1 is 0.882 bits per heavy atom. The Hall–Kier alpha value is -2.31. The van der Waals surface area contributed by atoms with Crippen LogP contribution < -0.4 is 4.72 Å². The van der Waals surface area contributed by atoms with E-state index in [4.69, 9.17) is 11.6 Å². The van der Waals surface area contributed by atoms with Crippen molar-refractivity contribution in [1.82, 2.24) is 9.62 Å². The summed E-state index contributed by atoms with van der Waals surface area (Å²) in [5.41, 5.74) is -3.24. The molecule has 1 aliphatic rings. The molecule has 0 saturated carbocycles. The Bertz CT molecular complexity index is 1110. The molecular formula is C21H19ClF6N2O3S. The zero-order valence-electron chi connectivity index (χ0n) is 17.4. The lowest BCUT2D eigenvalue weighted by Crippen LogP contribution is -2.44. The molecule has 1 N–H and O–H groups in total. The average Bonchev–Trinajstić information content (AvgIpc) is 2.74. The van der Waals surface area contributed by atoms with Gasteiger partial charge < -0.3 is 0 Å². The third-order valence-electron chi connectivity index (χ3n) is 5.30. The Morgan fingerprint density at radius 2 is 1.38 bits per heavy atom. The zero-order chi connectivity index (χ0) is 25.3. The number of hydrogen-bond donors (Lipinski definition) is 1. The fourth-order valence-corrected chi connectivity index (χ4v) is 4.86. The molecule has 2 aromatic rings. The summed E-state index contributed by atoms with van der Waals surface area (Å²) in [6.45, 7) is 0.894. The first-order valence-electron chi connectivity index (χ1n) is 10.0. The molecule has 0 radical (unpaired) electrons. The average molecular weight is 529 g/mol. The smallest absolute Gasteiger partial charge is 0.288 e. The molecule has 1 atom stereocenters. The molecule has 0 aromatic heterocycles. The van der Waals surface area contributed by atoms with Crippen LogP contribution in [0.3, 0.4) is 0 Å². The topological polar surface area (TPSA) is 66.5 Å². The van der Waals surface area contributed by atoms with E-state index >= 15 is 0 Å². The van der Waals surface area contributed by atoms with E-state index in [-0.39, 0.29) is 18.2 Å². The van der Waals surface area contributed by atoms with E-state index in [1.807, 2.05) is 0 Å². The van der Waals surface area contributed by atoms with Crippen LogP contribution in [0.15, 0.2) is 47.4 Å². The van der Waals surface area contributed by atoms with Crippen molar-refractivity contribution in [3.63, 3.8) is 0 Å². The third-order valence-corrected chi connectivity index (χ3v) is 6.87. The van der Waals surface area contributed by atoms with Gasteiger partial charge in [0.1, 0.15) is 6.04 Å². The molecule has 1 heterocycles. The maximum absolute atomic E-state index is 13.1. The van der Waals surface area contributed by atoms with E-state index in [9.17, 15) is 39.6 Å². The lowest BCUT2D eigenvalue weighted by Gasteiger charge is -2.33. The number of rotatable bonds is 5. The number of alkyl halides is 6. The normalized spacial score (nSPS) is 16.8. The molecule has 1 amide bonds. The number of benzene rings is 2. The van der Waals surface area contributed by atoms with Crippen molar-refractivity contribution in [2.45, 2.75) is 42.6 Å². The summed E-state index contributed by atoms with van der Waals surface area (Å²) in [5.74, 6) is -1.10. The number of likely N-dealkylation sites (tertiary alicyclic amines) is 1. The van der Waals surface area contributed by atoms with Gasteiger partial charge >= 0.3 is 12.4 Å². The summed E-state index contributed by atoms with van der Waals surface area (Å²) >= 11 is 5.88. The summed E-state index contributed by atoms with van der Waals surface area (Å²) in [6.07, 6.45) is -8.13. The van der Waals surface area contributed by atoms with E-state index in [1.165, 1.54) is 24.3 Å². The molecule has 34 heavy (non-hydrogen) atoms. The number of nitrogens with one attached hydrogen (secondary N) is 1. The molecule has 1 aliphatic heterocycles. The van der Waals surface area contributed by atoms with E-state index < -0.39 is 50.3 Å². The summed E-state index contributed by atoms with van der Waals surface area (Å²) in [6, 6.07) is 4.76. The summed E-state index contributed by atoms with van der Waals surface area (Å²) in [5, 5.41) is 0.359. The second-order valence-electron chi connectivity index (χ2n) is 7.76. The molecule has 0 spiro atoms. The number of amides is 1. The van der Waals surface area contributed by atoms with Crippen LogP contribution in [0, 0.1) is 0 Å². The molecule has 0 aliphatic carbocycles. The number of carbonyl (C=O) groups is 1. The molecule has 186 valence electrons. The first-order chi connectivity index (χ1) is 15.7. The Kier molecular flexibility index (Phi) is 7.54. The highest BCUT2D eigenvalue weighted by atomic mass is 35.5. The molecule has 13 heteroatoms. The van der Waals surface area contributed by atoms with Crippen molar-refractivity contribution < 1.29 is 39.6 Å². The van der Waals surface area contributed by atoms with E-state index in [0.29, 0.717) is 23.7 Å². The molecule has 1 saturated heterocycles. The maximum Gasteiger partial charge on any atom is 0.416 e. The van der Waals surface area contributed by atoms with Crippen LogP contribution in [0.1, 0.15) is 42.0 Å². The van der Waals surface area contributed by atoms with Crippen LogP contribution in [0.2, 0.25) is 5.02 Å². The largest absolute Gasteiger partial charge is 0.416 e. The van der Waals surface area contributed by atoms with E-state index in [2.05, 4.69) is 0 Å². The first-order valence-corrected chi connectivity index (χ1v) is 11.9. The van der Waals surface area contributed by atoms with Crippen molar-refractivity contribution in [3.8, 4) is 0 Å². The number of carbonyl (C=O) groups excluding carboxylic acids is 1. The Morgan fingerprint density at radius 3 is 1.85 bits per heavy atom. The van der Waals surface area contributed by atoms with Crippen LogP contribution in [0.4, 0.5) is 26.3 Å². The highest BCUT2D eigenvalue weighted by Gasteiger charge is 2.39. The van der Waals surface area contributed by atoms with Gasteiger partial charge in [0, 0.05) is 5.02 Å². The number of sulfonamides is 1. The van der Waals surface area contributed by atoms with Crippen LogP contribution in [-0.2, 0) is 27.2 Å². The Labute approximate surface area is 196 Å². The van der Waals surface area contributed by atoms with Crippen LogP contribution in [0.5, 0.6) is 0 Å². The van der Waals surface area contributed by atoms with Crippen molar-refractivity contribution in [2.24, 2.45) is 0 Å². The summed E-state index contributed by atoms with van der Waals surface area (Å²) in [4.78, 5) is 13.4. The van der Waals surface area contributed by atoms with Gasteiger partial charge in [0.25, 0.3) is 15.9 Å². The van der Waals surface area contributed by atoms with Gasteiger partial charge in [-0.05, 0) is 61.8 Å². The zero-order valence-corrected chi connectivity index (χ0v) is 19.0. The van der Waals surface area contributed by atoms with E-state index in [0.717, 1.165) is 19.3 Å². The maximum atomic E-state index is 13.1. The lowest BCUT2D eigenvalue weighted by molar-refractivity contribution is -0.143. The summed E-state index contributed by atoms with van der Waals surface area (Å²) in [7, 11) is -5.08. The second kappa shape index (κ2) is 9.74. The van der Waals surface area contributed by atoms with Gasteiger partial charge in [0.15, 0.2) is 0 Å². The minimum atomic E-state index is -5.24. The number of hydrogen-bond acceptors (Lipinski definition) is 4. The number of nitrogens with zero attached hydrogens (tertiary/aromatic N) is 1. The SMILES string of the molecule is O=C(NS(=O)(=O)c1cc(C(F)(F)F)cc(C(F)(F)F)c1)C(c1ccc(Cl)cc1)N1CCCCC1. The van der Waals surface area contributed by atoms with Crippen molar-refractivity contribution in [1.29, 1.82) is 0 Å². The van der Waals surface area contributed by atoms with Gasteiger partial charge in [-0.1, -0.05) is 30.2 Å². The minimum Gasteiger partial charge on any atom is -0.288 e. The highest BCUT2D eigenvalue weighted by Crippen LogP contribution is 2.37. The van der Waals surface area contributed by atoms with Gasteiger partial charge in [0.05, 0.1) is 16.0 Å². The van der Waals surface area contributed by atoms with Gasteiger partial charge in [-0.3, -0.25) is 9.69 Å². The minimum absolute atomic E-state index is 0.0586.